The molecule has 2 unspecified atom stereocenters. The highest BCUT2D eigenvalue weighted by Crippen LogP contribution is 2.15. The predicted octanol–water partition coefficient (Wildman–Crippen LogP) is -0.972. The van der Waals surface area contributed by atoms with Crippen molar-refractivity contribution < 1.29 is 14.7 Å². The summed E-state index contributed by atoms with van der Waals surface area (Å²) in [6.45, 7) is 3.55. The second kappa shape index (κ2) is 5.58. The first-order chi connectivity index (χ1) is 7.75. The zero-order chi connectivity index (χ0) is 11.4. The molecular formula is C10H19N3O3. The summed E-state index contributed by atoms with van der Waals surface area (Å²) in [7, 11) is 0. The molecule has 0 aromatic heterocycles. The summed E-state index contributed by atoms with van der Waals surface area (Å²) in [5.74, 6) is -0.752. The lowest BCUT2D eigenvalue weighted by Gasteiger charge is -2.36. The van der Waals surface area contributed by atoms with Crippen LogP contribution in [-0.4, -0.2) is 60.8 Å². The number of carboxylic acids is 1. The molecule has 3 N–H and O–H groups in total. The molecule has 0 aliphatic carbocycles. The molecular weight excluding hydrogens is 210 g/mol. The van der Waals surface area contributed by atoms with Crippen LogP contribution in [0.2, 0.25) is 0 Å². The highest BCUT2D eigenvalue weighted by molar-refractivity contribution is 5.69. The highest BCUT2D eigenvalue weighted by Gasteiger charge is 2.28. The molecule has 2 rings (SSSR count). The molecule has 0 aromatic carbocycles. The molecule has 0 amide bonds. The Labute approximate surface area is 94.9 Å². The number of rotatable bonds is 4. The Morgan fingerprint density at radius 2 is 2.38 bits per heavy atom. The van der Waals surface area contributed by atoms with Crippen molar-refractivity contribution in [2.45, 2.75) is 25.0 Å². The minimum atomic E-state index is -0.752. The molecule has 0 saturated carbocycles. The number of nitrogens with one attached hydrogen (secondary N) is 2. The minimum absolute atomic E-state index is 0.131. The lowest BCUT2D eigenvalue weighted by Crippen LogP contribution is -2.53. The summed E-state index contributed by atoms with van der Waals surface area (Å²) in [5, 5.41) is 12.1. The van der Waals surface area contributed by atoms with Crippen molar-refractivity contribution in [1.82, 2.24) is 15.7 Å². The SMILES string of the molecule is O=C(O)CN1CCNCC1CC1CCNO1. The van der Waals surface area contributed by atoms with Crippen LogP contribution in [0.15, 0.2) is 0 Å². The first kappa shape index (κ1) is 11.8. The van der Waals surface area contributed by atoms with Crippen molar-refractivity contribution in [3.8, 4) is 0 Å². The zero-order valence-electron chi connectivity index (χ0n) is 9.32. The topological polar surface area (TPSA) is 73.8 Å². The number of hydrogen-bond acceptors (Lipinski definition) is 5. The lowest BCUT2D eigenvalue weighted by molar-refractivity contribution is -0.139. The van der Waals surface area contributed by atoms with Crippen LogP contribution < -0.4 is 10.8 Å². The van der Waals surface area contributed by atoms with E-state index in [4.69, 9.17) is 9.94 Å². The Hall–Kier alpha value is -0.690. The molecule has 6 nitrogen and oxygen atoms in total. The molecule has 6 heteroatoms. The van der Waals surface area contributed by atoms with E-state index in [0.717, 1.165) is 39.0 Å². The average molecular weight is 229 g/mol. The Balaban J connectivity index is 1.85. The van der Waals surface area contributed by atoms with E-state index in [-0.39, 0.29) is 18.7 Å². The summed E-state index contributed by atoms with van der Waals surface area (Å²) in [6, 6.07) is 0.273. The summed E-state index contributed by atoms with van der Waals surface area (Å²) in [5.41, 5.74) is 2.86. The minimum Gasteiger partial charge on any atom is -0.480 e. The summed E-state index contributed by atoms with van der Waals surface area (Å²) >= 11 is 0. The normalized spacial score (nSPS) is 31.8. The number of piperazine rings is 1. The van der Waals surface area contributed by atoms with E-state index in [0.29, 0.717) is 0 Å². The molecule has 0 bridgehead atoms. The second-order valence-electron chi connectivity index (χ2n) is 4.38. The van der Waals surface area contributed by atoms with Gasteiger partial charge in [0.2, 0.25) is 0 Å². The van der Waals surface area contributed by atoms with Gasteiger partial charge in [-0.2, -0.15) is 0 Å². The van der Waals surface area contributed by atoms with Crippen LogP contribution in [0.3, 0.4) is 0 Å². The Morgan fingerprint density at radius 1 is 1.50 bits per heavy atom. The Kier molecular flexibility index (Phi) is 4.11. The molecule has 2 saturated heterocycles. The Bertz CT molecular complexity index is 243. The zero-order valence-corrected chi connectivity index (χ0v) is 9.32. The molecule has 2 fully saturated rings. The Morgan fingerprint density at radius 3 is 3.06 bits per heavy atom. The molecule has 2 aliphatic rings. The number of carboxylic acid groups (broad SMARTS) is 1. The highest BCUT2D eigenvalue weighted by atomic mass is 16.7. The van der Waals surface area contributed by atoms with Gasteiger partial charge in [-0.05, 0) is 12.8 Å². The van der Waals surface area contributed by atoms with Crippen molar-refractivity contribution in [3.05, 3.63) is 0 Å². The van der Waals surface area contributed by atoms with Gasteiger partial charge in [0, 0.05) is 32.2 Å². The fourth-order valence-electron chi connectivity index (χ4n) is 2.34. The van der Waals surface area contributed by atoms with Crippen molar-refractivity contribution >= 4 is 5.97 Å². The smallest absolute Gasteiger partial charge is 0.317 e. The van der Waals surface area contributed by atoms with Gasteiger partial charge in [-0.3, -0.25) is 14.5 Å². The number of aliphatic carboxylic acids is 1. The van der Waals surface area contributed by atoms with E-state index in [1.807, 2.05) is 4.90 Å². The molecule has 92 valence electrons. The monoisotopic (exact) mass is 229 g/mol. The molecule has 0 aromatic rings. The van der Waals surface area contributed by atoms with Crippen LogP contribution in [0.5, 0.6) is 0 Å². The molecule has 0 radical (unpaired) electrons. The number of carbonyl (C=O) groups is 1. The summed E-state index contributed by atoms with van der Waals surface area (Å²) in [6.07, 6.45) is 2.13. The predicted molar refractivity (Wildman–Crippen MR) is 58.0 cm³/mol. The van der Waals surface area contributed by atoms with Crippen molar-refractivity contribution in [2.24, 2.45) is 0 Å². The number of hydroxylamine groups is 1. The molecule has 16 heavy (non-hydrogen) atoms. The van der Waals surface area contributed by atoms with Gasteiger partial charge in [0.1, 0.15) is 0 Å². The van der Waals surface area contributed by atoms with Gasteiger partial charge in [-0.25, -0.2) is 5.48 Å². The maximum absolute atomic E-state index is 10.7. The second-order valence-corrected chi connectivity index (χ2v) is 4.38. The fourth-order valence-corrected chi connectivity index (χ4v) is 2.34. The van der Waals surface area contributed by atoms with Gasteiger partial charge in [-0.15, -0.1) is 0 Å². The summed E-state index contributed by atoms with van der Waals surface area (Å²) < 4.78 is 0. The lowest BCUT2D eigenvalue weighted by atomic mass is 10.0. The van der Waals surface area contributed by atoms with E-state index in [2.05, 4.69) is 10.8 Å². The van der Waals surface area contributed by atoms with Crippen LogP contribution >= 0.6 is 0 Å². The van der Waals surface area contributed by atoms with Crippen LogP contribution in [0.4, 0.5) is 0 Å². The van der Waals surface area contributed by atoms with E-state index < -0.39 is 5.97 Å². The van der Waals surface area contributed by atoms with E-state index in [1.165, 1.54) is 0 Å². The average Bonchev–Trinajstić information content (AvgIpc) is 2.73. The molecule has 0 spiro atoms. The van der Waals surface area contributed by atoms with Gasteiger partial charge >= 0.3 is 5.97 Å². The number of nitrogens with zero attached hydrogens (tertiary/aromatic N) is 1. The van der Waals surface area contributed by atoms with Crippen molar-refractivity contribution in [2.75, 3.05) is 32.7 Å². The van der Waals surface area contributed by atoms with Gasteiger partial charge in [0.05, 0.1) is 12.6 Å². The molecule has 2 atom stereocenters. The van der Waals surface area contributed by atoms with Crippen LogP contribution in [0.1, 0.15) is 12.8 Å². The van der Waals surface area contributed by atoms with Crippen LogP contribution in [0.25, 0.3) is 0 Å². The van der Waals surface area contributed by atoms with Gasteiger partial charge in [-0.1, -0.05) is 0 Å². The standard InChI is InChI=1S/C10H19N3O3/c14-10(15)7-13-4-3-11-6-8(13)5-9-1-2-12-16-9/h8-9,11-12H,1-7H2,(H,14,15). The van der Waals surface area contributed by atoms with Crippen LogP contribution in [-0.2, 0) is 9.63 Å². The van der Waals surface area contributed by atoms with E-state index in [9.17, 15) is 4.79 Å². The first-order valence-electron chi connectivity index (χ1n) is 5.81. The maximum Gasteiger partial charge on any atom is 0.317 e. The molecule has 2 heterocycles. The third-order valence-corrected chi connectivity index (χ3v) is 3.16. The van der Waals surface area contributed by atoms with E-state index >= 15 is 0 Å². The first-order valence-corrected chi connectivity index (χ1v) is 5.81. The number of hydrogen-bond donors (Lipinski definition) is 3. The molecule has 2 aliphatic heterocycles. The quantitative estimate of drug-likeness (QED) is 0.576. The van der Waals surface area contributed by atoms with Gasteiger partial charge in [0.25, 0.3) is 0 Å². The fraction of sp³-hybridized carbons (Fsp3) is 0.900. The third-order valence-electron chi connectivity index (χ3n) is 3.16. The largest absolute Gasteiger partial charge is 0.480 e. The van der Waals surface area contributed by atoms with Gasteiger partial charge in [0.15, 0.2) is 0 Å². The van der Waals surface area contributed by atoms with Crippen LogP contribution in [0, 0.1) is 0 Å². The van der Waals surface area contributed by atoms with E-state index in [1.54, 1.807) is 0 Å². The summed E-state index contributed by atoms with van der Waals surface area (Å²) in [4.78, 5) is 18.1. The third kappa shape index (κ3) is 3.15. The van der Waals surface area contributed by atoms with Gasteiger partial charge < -0.3 is 10.4 Å². The van der Waals surface area contributed by atoms with Crippen molar-refractivity contribution in [3.63, 3.8) is 0 Å². The van der Waals surface area contributed by atoms with Crippen molar-refractivity contribution in [1.29, 1.82) is 0 Å². The maximum atomic E-state index is 10.7.